The quantitative estimate of drug-likeness (QED) is 0.487. The summed E-state index contributed by atoms with van der Waals surface area (Å²) in [6, 6.07) is 0. The van der Waals surface area contributed by atoms with E-state index in [0.29, 0.717) is 6.42 Å². The van der Waals surface area contributed by atoms with E-state index < -0.39 is 30.5 Å². The molecule has 5 atom stereocenters. The molecule has 0 unspecified atom stereocenters. The molecule has 1 heterocycles. The molecule has 5 nitrogen and oxygen atoms in total. The summed E-state index contributed by atoms with van der Waals surface area (Å²) in [7, 11) is 0. The maximum atomic E-state index is 9.85. The molecule has 1 saturated heterocycles. The van der Waals surface area contributed by atoms with Gasteiger partial charge in [0.2, 0.25) is 0 Å². The molecule has 114 valence electrons. The zero-order valence-electron chi connectivity index (χ0n) is 11.7. The molecular weight excluding hydrogens is 248 g/mol. The maximum absolute atomic E-state index is 9.85. The van der Waals surface area contributed by atoms with Crippen LogP contribution >= 0.6 is 0 Å². The van der Waals surface area contributed by atoms with E-state index in [9.17, 15) is 15.3 Å². The number of aliphatic hydroxyl groups is 4. The number of ether oxygens (including phenoxy) is 1. The minimum absolute atomic E-state index is 0.349. The molecule has 0 spiro atoms. The summed E-state index contributed by atoms with van der Waals surface area (Å²) in [5.74, 6) is 0. The Hall–Kier alpha value is -0.200. The SMILES string of the molecule is CCCCCCCC[C@@H]1O[C@H](CO)[C@@H](O)[C@H](O)[C@H]1O. The van der Waals surface area contributed by atoms with Crippen LogP contribution in [0.25, 0.3) is 0 Å². The van der Waals surface area contributed by atoms with E-state index >= 15 is 0 Å². The van der Waals surface area contributed by atoms with Crippen LogP contribution in [0.1, 0.15) is 51.9 Å². The predicted molar refractivity (Wildman–Crippen MR) is 71.8 cm³/mol. The third kappa shape index (κ3) is 5.00. The fraction of sp³-hybridized carbons (Fsp3) is 1.00. The standard InChI is InChI=1S/C14H28O5/c1-2-3-4-5-6-7-8-10-12(16)14(18)13(17)11(9-15)19-10/h10-18H,2-9H2,1H3/t10-,11+,12-,13+,14+/m0/s1. The van der Waals surface area contributed by atoms with Crippen molar-refractivity contribution in [1.29, 1.82) is 0 Å². The van der Waals surface area contributed by atoms with E-state index in [1.165, 1.54) is 25.7 Å². The summed E-state index contributed by atoms with van der Waals surface area (Å²) in [6.07, 6.45) is 2.67. The van der Waals surface area contributed by atoms with Crippen LogP contribution in [0.5, 0.6) is 0 Å². The van der Waals surface area contributed by atoms with Crippen molar-refractivity contribution in [1.82, 2.24) is 0 Å². The molecule has 19 heavy (non-hydrogen) atoms. The highest BCUT2D eigenvalue weighted by atomic mass is 16.5. The molecule has 5 heteroatoms. The first-order valence-electron chi connectivity index (χ1n) is 7.42. The molecule has 0 aromatic heterocycles. The predicted octanol–water partition coefficient (Wildman–Crippen LogP) is 0.579. The number of hydrogen-bond donors (Lipinski definition) is 4. The highest BCUT2D eigenvalue weighted by molar-refractivity contribution is 4.91. The average Bonchev–Trinajstić information content (AvgIpc) is 2.42. The lowest BCUT2D eigenvalue weighted by Gasteiger charge is -2.40. The van der Waals surface area contributed by atoms with Crippen LogP contribution in [-0.4, -0.2) is 57.6 Å². The minimum Gasteiger partial charge on any atom is -0.394 e. The summed E-state index contributed by atoms with van der Waals surface area (Å²) in [5, 5.41) is 38.2. The van der Waals surface area contributed by atoms with Gasteiger partial charge < -0.3 is 25.2 Å². The van der Waals surface area contributed by atoms with Crippen LogP contribution in [0.3, 0.4) is 0 Å². The number of rotatable bonds is 8. The molecule has 4 N–H and O–H groups in total. The Balaban J connectivity index is 2.28. The number of unbranched alkanes of at least 4 members (excludes halogenated alkanes) is 5. The van der Waals surface area contributed by atoms with Crippen LogP contribution in [0.4, 0.5) is 0 Å². The molecule has 0 saturated carbocycles. The largest absolute Gasteiger partial charge is 0.394 e. The number of hydrogen-bond acceptors (Lipinski definition) is 5. The highest BCUT2D eigenvalue weighted by Gasteiger charge is 2.42. The Labute approximate surface area is 115 Å². The third-order valence-electron chi connectivity index (χ3n) is 3.83. The molecular formula is C14H28O5. The van der Waals surface area contributed by atoms with E-state index in [2.05, 4.69) is 6.92 Å². The molecule has 0 aromatic rings. The fourth-order valence-electron chi connectivity index (χ4n) is 2.54. The Kier molecular flexibility index (Phi) is 7.87. The van der Waals surface area contributed by atoms with Gasteiger partial charge in [-0.25, -0.2) is 0 Å². The van der Waals surface area contributed by atoms with Crippen molar-refractivity contribution in [3.8, 4) is 0 Å². The van der Waals surface area contributed by atoms with Gasteiger partial charge in [-0.2, -0.15) is 0 Å². The molecule has 1 aliphatic rings. The monoisotopic (exact) mass is 276 g/mol. The lowest BCUT2D eigenvalue weighted by molar-refractivity contribution is -0.230. The van der Waals surface area contributed by atoms with Gasteiger partial charge in [-0.15, -0.1) is 0 Å². The smallest absolute Gasteiger partial charge is 0.111 e. The topological polar surface area (TPSA) is 90.2 Å². The third-order valence-corrected chi connectivity index (χ3v) is 3.83. The molecule has 1 fully saturated rings. The Bertz CT molecular complexity index is 234. The summed E-state index contributed by atoms with van der Waals surface area (Å²) in [4.78, 5) is 0. The first-order valence-corrected chi connectivity index (χ1v) is 7.42. The van der Waals surface area contributed by atoms with Gasteiger partial charge in [-0.05, 0) is 6.42 Å². The molecule has 0 aromatic carbocycles. The summed E-state index contributed by atoms with van der Waals surface area (Å²) < 4.78 is 5.45. The van der Waals surface area contributed by atoms with Gasteiger partial charge in [0.15, 0.2) is 0 Å². The summed E-state index contributed by atoms with van der Waals surface area (Å²) in [5.41, 5.74) is 0. The average molecular weight is 276 g/mol. The second-order valence-electron chi connectivity index (χ2n) is 5.42. The Morgan fingerprint density at radius 2 is 1.37 bits per heavy atom. The van der Waals surface area contributed by atoms with Crippen LogP contribution < -0.4 is 0 Å². The zero-order valence-corrected chi connectivity index (χ0v) is 11.7. The van der Waals surface area contributed by atoms with Crippen molar-refractivity contribution < 1.29 is 25.2 Å². The molecule has 0 bridgehead atoms. The fourth-order valence-corrected chi connectivity index (χ4v) is 2.54. The van der Waals surface area contributed by atoms with Crippen LogP contribution in [0.2, 0.25) is 0 Å². The summed E-state index contributed by atoms with van der Waals surface area (Å²) >= 11 is 0. The molecule has 0 amide bonds. The molecule has 0 radical (unpaired) electrons. The van der Waals surface area contributed by atoms with Crippen molar-refractivity contribution in [2.75, 3.05) is 6.61 Å². The van der Waals surface area contributed by atoms with Crippen LogP contribution in [0.15, 0.2) is 0 Å². The summed E-state index contributed by atoms with van der Waals surface area (Å²) in [6.45, 7) is 1.83. The second-order valence-corrected chi connectivity index (χ2v) is 5.42. The lowest BCUT2D eigenvalue weighted by Crippen LogP contribution is -2.58. The normalized spacial score (nSPS) is 35.5. The van der Waals surface area contributed by atoms with Gasteiger partial charge in [-0.3, -0.25) is 0 Å². The van der Waals surface area contributed by atoms with Crippen molar-refractivity contribution in [3.05, 3.63) is 0 Å². The van der Waals surface area contributed by atoms with E-state index in [-0.39, 0.29) is 6.61 Å². The van der Waals surface area contributed by atoms with E-state index in [1.54, 1.807) is 0 Å². The van der Waals surface area contributed by atoms with E-state index in [0.717, 1.165) is 12.8 Å². The molecule has 1 rings (SSSR count). The van der Waals surface area contributed by atoms with Gasteiger partial charge in [0.25, 0.3) is 0 Å². The van der Waals surface area contributed by atoms with E-state index in [1.807, 2.05) is 0 Å². The maximum Gasteiger partial charge on any atom is 0.111 e. The zero-order chi connectivity index (χ0) is 14.3. The first kappa shape index (κ1) is 16.9. The first-order chi connectivity index (χ1) is 9.11. The van der Waals surface area contributed by atoms with Gasteiger partial charge in [0.1, 0.15) is 24.4 Å². The van der Waals surface area contributed by atoms with Gasteiger partial charge in [-0.1, -0.05) is 45.4 Å². The van der Waals surface area contributed by atoms with E-state index in [4.69, 9.17) is 9.84 Å². The lowest BCUT2D eigenvalue weighted by atomic mass is 9.92. The van der Waals surface area contributed by atoms with Gasteiger partial charge in [0, 0.05) is 0 Å². The highest BCUT2D eigenvalue weighted by Crippen LogP contribution is 2.24. The Morgan fingerprint density at radius 1 is 0.789 bits per heavy atom. The van der Waals surface area contributed by atoms with Crippen molar-refractivity contribution in [3.63, 3.8) is 0 Å². The van der Waals surface area contributed by atoms with Crippen LogP contribution in [-0.2, 0) is 4.74 Å². The van der Waals surface area contributed by atoms with Gasteiger partial charge >= 0.3 is 0 Å². The molecule has 0 aliphatic carbocycles. The second kappa shape index (κ2) is 8.87. The van der Waals surface area contributed by atoms with Crippen molar-refractivity contribution in [2.45, 2.75) is 82.4 Å². The van der Waals surface area contributed by atoms with Crippen molar-refractivity contribution >= 4 is 0 Å². The molecule has 1 aliphatic heterocycles. The van der Waals surface area contributed by atoms with Gasteiger partial charge in [0.05, 0.1) is 12.7 Å². The Morgan fingerprint density at radius 3 is 2.00 bits per heavy atom. The number of aliphatic hydroxyl groups excluding tert-OH is 4. The van der Waals surface area contributed by atoms with Crippen molar-refractivity contribution in [2.24, 2.45) is 0 Å². The van der Waals surface area contributed by atoms with Crippen LogP contribution in [0, 0.1) is 0 Å². The minimum atomic E-state index is -1.24.